The van der Waals surface area contributed by atoms with E-state index in [0.717, 1.165) is 48.6 Å². The van der Waals surface area contributed by atoms with E-state index >= 15 is 0 Å². The summed E-state index contributed by atoms with van der Waals surface area (Å²) in [4.78, 5) is 28.3. The number of carbonyl (C=O) groups excluding carboxylic acids is 2. The molecule has 0 radical (unpaired) electrons. The van der Waals surface area contributed by atoms with Crippen LogP contribution in [-0.4, -0.2) is 51.1 Å². The number of hydrogen-bond acceptors (Lipinski definition) is 7. The van der Waals surface area contributed by atoms with Crippen LogP contribution in [-0.2, 0) is 32.3 Å². The molecule has 174 valence electrons. The first-order chi connectivity index (χ1) is 15.2. The molecular formula is C22H27FN2O5S2. The summed E-state index contributed by atoms with van der Waals surface area (Å²) in [6.07, 6.45) is 1.83. The van der Waals surface area contributed by atoms with Gasteiger partial charge >= 0.3 is 5.97 Å². The maximum absolute atomic E-state index is 13.0. The number of amides is 1. The van der Waals surface area contributed by atoms with Crippen LogP contribution in [0.5, 0.6) is 0 Å². The predicted octanol–water partition coefficient (Wildman–Crippen LogP) is 3.63. The summed E-state index contributed by atoms with van der Waals surface area (Å²) in [6.45, 7) is 4.65. The van der Waals surface area contributed by atoms with Crippen LogP contribution in [0.2, 0.25) is 0 Å². The molecular weight excluding hydrogens is 455 g/mol. The second-order valence-corrected chi connectivity index (χ2v) is 10.9. The summed E-state index contributed by atoms with van der Waals surface area (Å²) < 4.78 is 42.7. The number of rotatable bonds is 9. The highest BCUT2D eigenvalue weighted by atomic mass is 32.2. The second kappa shape index (κ2) is 10.5. The molecule has 0 saturated heterocycles. The maximum Gasteiger partial charge on any atom is 0.341 e. The van der Waals surface area contributed by atoms with Crippen LogP contribution in [0.4, 0.5) is 9.39 Å². The average Bonchev–Trinajstić information content (AvgIpc) is 3.10. The van der Waals surface area contributed by atoms with E-state index in [1.165, 1.54) is 30.6 Å². The van der Waals surface area contributed by atoms with E-state index in [-0.39, 0.29) is 29.4 Å². The number of methoxy groups -OCH3 is 1. The number of halogens is 1. The van der Waals surface area contributed by atoms with Crippen molar-refractivity contribution in [1.82, 2.24) is 4.90 Å². The molecule has 1 N–H and O–H groups in total. The SMILES string of the molecule is CCCN1CCc2c(sc(NC(=O)CCCS(=O)(=O)c3ccc(F)cc3)c2C(=O)OC)C1. The van der Waals surface area contributed by atoms with Gasteiger partial charge in [-0.2, -0.15) is 0 Å². The fraction of sp³-hybridized carbons (Fsp3) is 0.455. The summed E-state index contributed by atoms with van der Waals surface area (Å²) in [5.74, 6) is -1.60. The molecule has 1 aromatic heterocycles. The Bertz CT molecular complexity index is 1080. The van der Waals surface area contributed by atoms with Gasteiger partial charge in [-0.3, -0.25) is 9.69 Å². The number of fused-ring (bicyclic) bond motifs is 1. The Labute approximate surface area is 191 Å². The van der Waals surface area contributed by atoms with Crippen LogP contribution >= 0.6 is 11.3 Å². The Morgan fingerprint density at radius 1 is 1.25 bits per heavy atom. The fourth-order valence-corrected chi connectivity index (χ4v) is 6.35. The van der Waals surface area contributed by atoms with Crippen molar-refractivity contribution in [3.05, 3.63) is 46.1 Å². The number of ether oxygens (including phenoxy) is 1. The van der Waals surface area contributed by atoms with Crippen molar-refractivity contribution in [3.8, 4) is 0 Å². The lowest BCUT2D eigenvalue weighted by Crippen LogP contribution is -2.30. The molecule has 10 heteroatoms. The molecule has 0 atom stereocenters. The monoisotopic (exact) mass is 482 g/mol. The summed E-state index contributed by atoms with van der Waals surface area (Å²) in [6, 6.07) is 4.61. The van der Waals surface area contributed by atoms with Gasteiger partial charge in [0.05, 0.1) is 23.3 Å². The van der Waals surface area contributed by atoms with Crippen LogP contribution in [0.15, 0.2) is 29.2 Å². The van der Waals surface area contributed by atoms with E-state index in [1.54, 1.807) is 0 Å². The molecule has 0 aliphatic carbocycles. The van der Waals surface area contributed by atoms with Gasteiger partial charge < -0.3 is 10.1 Å². The van der Waals surface area contributed by atoms with Gasteiger partial charge in [-0.1, -0.05) is 6.92 Å². The third kappa shape index (κ3) is 5.73. The molecule has 2 heterocycles. The highest BCUT2D eigenvalue weighted by Gasteiger charge is 2.29. The van der Waals surface area contributed by atoms with Gasteiger partial charge in [0.15, 0.2) is 9.84 Å². The van der Waals surface area contributed by atoms with E-state index in [1.807, 2.05) is 0 Å². The Kier molecular flexibility index (Phi) is 8.02. The highest BCUT2D eigenvalue weighted by Crippen LogP contribution is 2.37. The van der Waals surface area contributed by atoms with Gasteiger partial charge in [0.25, 0.3) is 0 Å². The van der Waals surface area contributed by atoms with Gasteiger partial charge in [0.1, 0.15) is 10.8 Å². The van der Waals surface area contributed by atoms with E-state index in [2.05, 4.69) is 17.1 Å². The van der Waals surface area contributed by atoms with Gasteiger partial charge in [-0.25, -0.2) is 17.6 Å². The number of sulfone groups is 1. The van der Waals surface area contributed by atoms with Gasteiger partial charge in [-0.15, -0.1) is 11.3 Å². The third-order valence-corrected chi connectivity index (χ3v) is 8.26. The summed E-state index contributed by atoms with van der Waals surface area (Å²) in [5.41, 5.74) is 1.32. The van der Waals surface area contributed by atoms with Crippen LogP contribution in [0, 0.1) is 5.82 Å². The largest absolute Gasteiger partial charge is 0.465 e. The van der Waals surface area contributed by atoms with Crippen LogP contribution in [0.1, 0.15) is 47.0 Å². The topological polar surface area (TPSA) is 92.8 Å². The molecule has 0 unspecified atom stereocenters. The zero-order chi connectivity index (χ0) is 23.3. The second-order valence-electron chi connectivity index (χ2n) is 7.65. The molecule has 1 aliphatic heterocycles. The number of thiophene rings is 1. The number of nitrogens with zero attached hydrogens (tertiary/aromatic N) is 1. The Morgan fingerprint density at radius 2 is 1.97 bits per heavy atom. The quantitative estimate of drug-likeness (QED) is 0.433. The molecule has 2 aromatic rings. The normalized spacial score (nSPS) is 14.1. The number of nitrogens with one attached hydrogen (secondary N) is 1. The fourth-order valence-electron chi connectivity index (χ4n) is 3.74. The van der Waals surface area contributed by atoms with E-state index in [4.69, 9.17) is 4.74 Å². The van der Waals surface area contributed by atoms with Gasteiger partial charge in [0, 0.05) is 24.4 Å². The summed E-state index contributed by atoms with van der Waals surface area (Å²) >= 11 is 1.37. The number of esters is 1. The number of benzene rings is 1. The molecule has 0 bridgehead atoms. The average molecular weight is 483 g/mol. The summed E-state index contributed by atoms with van der Waals surface area (Å²) in [5, 5.41) is 3.23. The molecule has 1 aromatic carbocycles. The highest BCUT2D eigenvalue weighted by molar-refractivity contribution is 7.91. The summed E-state index contributed by atoms with van der Waals surface area (Å²) in [7, 11) is -2.30. The Morgan fingerprint density at radius 3 is 2.62 bits per heavy atom. The number of carbonyl (C=O) groups is 2. The standard InChI is InChI=1S/C22H27FN2O5S2/c1-3-11-25-12-10-17-18(14-25)31-21(20(17)22(27)30-2)24-19(26)5-4-13-32(28,29)16-8-6-15(23)7-9-16/h6-9H,3-5,10-14H2,1-2H3,(H,24,26). The van der Waals surface area contributed by atoms with Gasteiger partial charge in [-0.05, 0) is 55.6 Å². The first-order valence-electron chi connectivity index (χ1n) is 10.5. The smallest absolute Gasteiger partial charge is 0.341 e. The molecule has 32 heavy (non-hydrogen) atoms. The molecule has 1 amide bonds. The van der Waals surface area contributed by atoms with Crippen LogP contribution in [0.3, 0.4) is 0 Å². The lowest BCUT2D eigenvalue weighted by Gasteiger charge is -2.26. The first kappa shape index (κ1) is 24.3. The van der Waals surface area contributed by atoms with Crippen molar-refractivity contribution in [2.24, 2.45) is 0 Å². The zero-order valence-electron chi connectivity index (χ0n) is 18.1. The minimum atomic E-state index is -3.61. The lowest BCUT2D eigenvalue weighted by molar-refractivity contribution is -0.116. The van der Waals surface area contributed by atoms with Crippen LogP contribution in [0.25, 0.3) is 0 Å². The molecule has 0 saturated carbocycles. The van der Waals surface area contributed by atoms with Crippen molar-refractivity contribution in [2.75, 3.05) is 31.3 Å². The van der Waals surface area contributed by atoms with E-state index in [0.29, 0.717) is 17.0 Å². The molecule has 0 fully saturated rings. The molecule has 1 aliphatic rings. The van der Waals surface area contributed by atoms with Gasteiger partial charge in [0.2, 0.25) is 5.91 Å². The zero-order valence-corrected chi connectivity index (χ0v) is 19.8. The van der Waals surface area contributed by atoms with E-state index < -0.39 is 21.6 Å². The minimum absolute atomic E-state index is 0.0223. The molecule has 3 rings (SSSR count). The van der Waals surface area contributed by atoms with Crippen molar-refractivity contribution in [3.63, 3.8) is 0 Å². The maximum atomic E-state index is 13.0. The number of anilines is 1. The Hall–Kier alpha value is -2.30. The predicted molar refractivity (Wildman–Crippen MR) is 121 cm³/mol. The van der Waals surface area contributed by atoms with Crippen LogP contribution < -0.4 is 5.32 Å². The van der Waals surface area contributed by atoms with Crippen molar-refractivity contribution < 1.29 is 27.1 Å². The van der Waals surface area contributed by atoms with Crippen molar-refractivity contribution >= 4 is 38.1 Å². The number of hydrogen-bond donors (Lipinski definition) is 1. The first-order valence-corrected chi connectivity index (χ1v) is 13.0. The molecule has 7 nitrogen and oxygen atoms in total. The third-order valence-electron chi connectivity index (χ3n) is 5.31. The van der Waals surface area contributed by atoms with Crippen molar-refractivity contribution in [2.45, 2.75) is 44.0 Å². The van der Waals surface area contributed by atoms with Crippen molar-refractivity contribution in [1.29, 1.82) is 0 Å². The molecule has 0 spiro atoms. The Balaban J connectivity index is 1.65. The van der Waals surface area contributed by atoms with E-state index in [9.17, 15) is 22.4 Å². The minimum Gasteiger partial charge on any atom is -0.465 e. The lowest BCUT2D eigenvalue weighted by atomic mass is 10.0.